The van der Waals surface area contributed by atoms with Crippen LogP contribution in [0.3, 0.4) is 0 Å². The fourth-order valence-corrected chi connectivity index (χ4v) is 7.76. The van der Waals surface area contributed by atoms with Gasteiger partial charge in [-0.1, -0.05) is 48.9 Å². The van der Waals surface area contributed by atoms with Crippen molar-refractivity contribution in [3.8, 4) is 11.1 Å². The lowest BCUT2D eigenvalue weighted by atomic mass is 9.92. The number of aliphatic hydroxyl groups excluding tert-OH is 1. The summed E-state index contributed by atoms with van der Waals surface area (Å²) in [6.07, 6.45) is 10.3. The molecule has 0 unspecified atom stereocenters. The lowest BCUT2D eigenvalue weighted by Crippen LogP contribution is -2.44. The number of hydrogen-bond acceptors (Lipinski definition) is 6. The van der Waals surface area contributed by atoms with E-state index in [9.17, 15) is 14.7 Å². The highest BCUT2D eigenvalue weighted by Crippen LogP contribution is 2.44. The maximum Gasteiger partial charge on any atom is 0.320 e. The van der Waals surface area contributed by atoms with E-state index in [4.69, 9.17) is 5.11 Å². The van der Waals surface area contributed by atoms with Crippen LogP contribution in [0.2, 0.25) is 0 Å². The predicted molar refractivity (Wildman–Crippen MR) is 207 cm³/mol. The smallest absolute Gasteiger partial charge is 0.320 e. The molecule has 276 valence electrons. The molecule has 4 N–H and O–H groups in total. The number of hydrogen-bond donors (Lipinski definition) is 4. The van der Waals surface area contributed by atoms with Gasteiger partial charge in [0.25, 0.3) is 5.91 Å². The van der Waals surface area contributed by atoms with E-state index in [1.54, 1.807) is 12.3 Å². The van der Waals surface area contributed by atoms with Crippen LogP contribution in [0.4, 0.5) is 10.1 Å². The Balaban J connectivity index is 1.10. The summed E-state index contributed by atoms with van der Waals surface area (Å²) >= 11 is 0. The summed E-state index contributed by atoms with van der Waals surface area (Å²) in [6, 6.07) is 18.9. The Bertz CT molecular complexity index is 2040. The van der Waals surface area contributed by atoms with E-state index in [1.165, 1.54) is 5.56 Å². The maximum absolute atomic E-state index is 15.9. The molecule has 3 aliphatic rings. The maximum atomic E-state index is 15.9. The summed E-state index contributed by atoms with van der Waals surface area (Å²) in [4.78, 5) is 32.2. The number of anilines is 1. The monoisotopic (exact) mass is 716 g/mol. The van der Waals surface area contributed by atoms with Crippen LogP contribution in [-0.2, 0) is 17.9 Å². The van der Waals surface area contributed by atoms with Crippen molar-refractivity contribution in [1.29, 1.82) is 0 Å². The molecule has 0 radical (unpaired) electrons. The zero-order valence-corrected chi connectivity index (χ0v) is 30.6. The SMILES string of the molecule is Cc1c(/C=C(\F)c2ccc(CNCCO)c(C3CC3)c2)cccc1-c1cccc(NC(=O)c2cc(C3CC3)c(CN3CCCC[C@H]3C(=O)O)cn2)c1C. The van der Waals surface area contributed by atoms with Crippen LogP contribution in [0.1, 0.15) is 112 Å². The molecule has 2 heterocycles. The Hall–Kier alpha value is -4.70. The highest BCUT2D eigenvalue weighted by atomic mass is 19.1. The first-order valence-electron chi connectivity index (χ1n) is 19.0. The summed E-state index contributed by atoms with van der Waals surface area (Å²) in [5.41, 5.74) is 10.5. The molecule has 1 aliphatic heterocycles. The van der Waals surface area contributed by atoms with Crippen LogP contribution < -0.4 is 10.6 Å². The highest BCUT2D eigenvalue weighted by molar-refractivity contribution is 6.04. The first-order chi connectivity index (χ1) is 25.7. The summed E-state index contributed by atoms with van der Waals surface area (Å²) in [6.45, 7) is 6.50. The molecule has 2 aliphatic carbocycles. The van der Waals surface area contributed by atoms with Crippen molar-refractivity contribution in [3.05, 3.63) is 117 Å². The molecule has 3 aromatic carbocycles. The van der Waals surface area contributed by atoms with E-state index in [0.717, 1.165) is 89.6 Å². The molecule has 0 bridgehead atoms. The van der Waals surface area contributed by atoms with Crippen molar-refractivity contribution in [2.24, 2.45) is 0 Å². The lowest BCUT2D eigenvalue weighted by Gasteiger charge is -2.33. The third-order valence-corrected chi connectivity index (χ3v) is 11.1. The van der Waals surface area contributed by atoms with Gasteiger partial charge in [-0.2, -0.15) is 0 Å². The van der Waals surface area contributed by atoms with Gasteiger partial charge in [0.2, 0.25) is 0 Å². The molecule has 8 nitrogen and oxygen atoms in total. The number of carboxylic acid groups (broad SMARTS) is 1. The summed E-state index contributed by atoms with van der Waals surface area (Å²) in [5.74, 6) is -0.537. The number of aliphatic hydroxyl groups is 1. The molecular formula is C44H49FN4O4. The summed E-state index contributed by atoms with van der Waals surface area (Å²) < 4.78 is 15.9. The Morgan fingerprint density at radius 1 is 0.906 bits per heavy atom. The van der Waals surface area contributed by atoms with Gasteiger partial charge in [0.15, 0.2) is 0 Å². The van der Waals surface area contributed by atoms with Gasteiger partial charge in [0, 0.05) is 37.1 Å². The minimum Gasteiger partial charge on any atom is -0.480 e. The number of nitrogens with one attached hydrogen (secondary N) is 2. The van der Waals surface area contributed by atoms with Crippen molar-refractivity contribution in [2.75, 3.05) is 25.0 Å². The van der Waals surface area contributed by atoms with Crippen molar-refractivity contribution >= 4 is 29.5 Å². The Morgan fingerprint density at radius 3 is 2.34 bits per heavy atom. The van der Waals surface area contributed by atoms with E-state index in [-0.39, 0.29) is 18.3 Å². The van der Waals surface area contributed by atoms with Gasteiger partial charge < -0.3 is 20.8 Å². The number of piperidine rings is 1. The second-order valence-electron chi connectivity index (χ2n) is 14.9. The molecule has 1 aromatic heterocycles. The van der Waals surface area contributed by atoms with Crippen molar-refractivity contribution in [3.63, 3.8) is 0 Å². The Labute approximate surface area is 311 Å². The van der Waals surface area contributed by atoms with Crippen LogP contribution in [0.5, 0.6) is 0 Å². The second-order valence-corrected chi connectivity index (χ2v) is 14.9. The van der Waals surface area contributed by atoms with E-state index in [1.807, 2.05) is 79.4 Å². The van der Waals surface area contributed by atoms with Crippen LogP contribution in [0.15, 0.2) is 66.9 Å². The minimum atomic E-state index is -0.780. The number of carbonyl (C=O) groups excluding carboxylic acids is 1. The third kappa shape index (κ3) is 8.43. The molecule has 9 heteroatoms. The molecular weight excluding hydrogens is 668 g/mol. The number of carboxylic acids is 1. The molecule has 1 atom stereocenters. The molecule has 3 fully saturated rings. The van der Waals surface area contributed by atoms with Gasteiger partial charge in [-0.25, -0.2) is 4.39 Å². The highest BCUT2D eigenvalue weighted by Gasteiger charge is 2.32. The van der Waals surface area contributed by atoms with Gasteiger partial charge in [-0.3, -0.25) is 19.5 Å². The number of aromatic nitrogens is 1. The number of carbonyl (C=O) groups is 2. The van der Waals surface area contributed by atoms with Crippen LogP contribution in [0.25, 0.3) is 23.0 Å². The standard InChI is InChI=1S/C44H49FN4O4/c1-27-31(22-39(45)32-16-17-33(24-46-18-20-50)37(21-32)29-12-13-29)7-5-8-35(27)36-9-6-10-40(28(36)2)48-43(51)41-23-38(30-14-15-30)34(25-47-41)26-49-19-4-3-11-42(49)44(52)53/h5-10,16-17,21-23,25,29-30,42,46,50H,3-4,11-15,18-20,24,26H2,1-2H3,(H,48,51)(H,52,53)/b39-22-/t42-/m0/s1. The number of likely N-dealkylation sites (tertiary alicyclic amines) is 1. The van der Waals surface area contributed by atoms with E-state index < -0.39 is 12.0 Å². The van der Waals surface area contributed by atoms with E-state index >= 15 is 4.39 Å². The molecule has 0 spiro atoms. The van der Waals surface area contributed by atoms with Crippen molar-refractivity contribution in [2.45, 2.75) is 89.8 Å². The fraction of sp³-hybridized carbons (Fsp3) is 0.386. The number of nitrogens with zero attached hydrogens (tertiary/aromatic N) is 2. The quantitative estimate of drug-likeness (QED) is 0.0766. The molecule has 2 saturated carbocycles. The summed E-state index contributed by atoms with van der Waals surface area (Å²) in [7, 11) is 0. The van der Waals surface area contributed by atoms with E-state index in [0.29, 0.717) is 54.8 Å². The average molecular weight is 717 g/mol. The fourth-order valence-electron chi connectivity index (χ4n) is 7.76. The number of halogens is 1. The van der Waals surface area contributed by atoms with Crippen LogP contribution in [0, 0.1) is 13.8 Å². The summed E-state index contributed by atoms with van der Waals surface area (Å²) in [5, 5.41) is 25.3. The van der Waals surface area contributed by atoms with Crippen molar-refractivity contribution in [1.82, 2.24) is 15.2 Å². The van der Waals surface area contributed by atoms with Gasteiger partial charge >= 0.3 is 5.97 Å². The normalized spacial score (nSPS) is 17.9. The zero-order chi connectivity index (χ0) is 37.1. The number of benzene rings is 3. The average Bonchev–Trinajstić information content (AvgIpc) is 4.09. The molecule has 7 rings (SSSR count). The third-order valence-electron chi connectivity index (χ3n) is 11.1. The number of rotatable bonds is 14. The van der Waals surface area contributed by atoms with E-state index in [2.05, 4.69) is 15.6 Å². The molecule has 4 aromatic rings. The van der Waals surface area contributed by atoms with Gasteiger partial charge in [0.05, 0.1) is 6.61 Å². The topological polar surface area (TPSA) is 115 Å². The molecule has 1 amide bonds. The predicted octanol–water partition coefficient (Wildman–Crippen LogP) is 8.36. The van der Waals surface area contributed by atoms with Gasteiger partial charge in [-0.15, -0.1) is 0 Å². The number of aliphatic carboxylic acids is 1. The number of pyridine rings is 1. The van der Waals surface area contributed by atoms with Crippen LogP contribution in [-0.4, -0.2) is 57.7 Å². The molecule has 1 saturated heterocycles. The Morgan fingerprint density at radius 2 is 1.62 bits per heavy atom. The zero-order valence-electron chi connectivity index (χ0n) is 30.6. The number of amides is 1. The first kappa shape index (κ1) is 36.6. The Kier molecular flexibility index (Phi) is 11.1. The largest absolute Gasteiger partial charge is 0.480 e. The minimum absolute atomic E-state index is 0.0807. The second kappa shape index (κ2) is 16.1. The lowest BCUT2D eigenvalue weighted by molar-refractivity contribution is -0.144. The van der Waals surface area contributed by atoms with Crippen LogP contribution >= 0.6 is 0 Å². The van der Waals surface area contributed by atoms with Gasteiger partial charge in [-0.05, 0) is 145 Å². The molecule has 53 heavy (non-hydrogen) atoms. The first-order valence-corrected chi connectivity index (χ1v) is 19.0. The van der Waals surface area contributed by atoms with Gasteiger partial charge in [0.1, 0.15) is 17.6 Å². The van der Waals surface area contributed by atoms with Crippen molar-refractivity contribution < 1.29 is 24.2 Å².